The first-order valence-corrected chi connectivity index (χ1v) is 8.88. The normalized spacial score (nSPS) is 12.6. The van der Waals surface area contributed by atoms with Crippen molar-refractivity contribution in [3.8, 4) is 10.4 Å². The molecule has 114 valence electrons. The van der Waals surface area contributed by atoms with Gasteiger partial charge in [-0.1, -0.05) is 44.0 Å². The van der Waals surface area contributed by atoms with Crippen LogP contribution in [0, 0.1) is 13.8 Å². The van der Waals surface area contributed by atoms with E-state index in [0.29, 0.717) is 6.04 Å². The Hall–Kier alpha value is -1.12. The van der Waals surface area contributed by atoms with Gasteiger partial charge in [-0.25, -0.2) is 0 Å². The third-order valence-electron chi connectivity index (χ3n) is 3.85. The fraction of sp³-hybridized carbons (Fsp3) is 0.474. The highest BCUT2D eigenvalue weighted by Crippen LogP contribution is 2.35. The molecule has 21 heavy (non-hydrogen) atoms. The van der Waals surface area contributed by atoms with Crippen LogP contribution in [0.3, 0.4) is 0 Å². The van der Waals surface area contributed by atoms with Crippen molar-refractivity contribution >= 4 is 11.3 Å². The van der Waals surface area contributed by atoms with Crippen molar-refractivity contribution in [2.24, 2.45) is 0 Å². The number of nitrogens with one attached hydrogen (secondary N) is 1. The molecule has 1 nitrogen and oxygen atoms in total. The van der Waals surface area contributed by atoms with E-state index < -0.39 is 0 Å². The Morgan fingerprint density at radius 2 is 1.86 bits per heavy atom. The highest BCUT2D eigenvalue weighted by molar-refractivity contribution is 7.15. The van der Waals surface area contributed by atoms with Gasteiger partial charge in [0.05, 0.1) is 0 Å². The smallest absolute Gasteiger partial charge is 0.0414 e. The van der Waals surface area contributed by atoms with E-state index in [1.165, 1.54) is 45.7 Å². The molecule has 0 aliphatic carbocycles. The van der Waals surface area contributed by atoms with Gasteiger partial charge >= 0.3 is 0 Å². The highest BCUT2D eigenvalue weighted by atomic mass is 32.1. The van der Waals surface area contributed by atoms with Crippen molar-refractivity contribution in [2.45, 2.75) is 53.0 Å². The topological polar surface area (TPSA) is 12.0 Å². The zero-order chi connectivity index (χ0) is 15.2. The average molecular weight is 301 g/mol. The van der Waals surface area contributed by atoms with Crippen molar-refractivity contribution in [3.05, 3.63) is 46.3 Å². The third kappa shape index (κ3) is 4.18. The summed E-state index contributed by atoms with van der Waals surface area (Å²) in [6, 6.07) is 11.8. The number of rotatable bonds is 7. The molecule has 0 spiro atoms. The molecule has 2 aromatic rings. The van der Waals surface area contributed by atoms with Gasteiger partial charge in [0.15, 0.2) is 0 Å². The van der Waals surface area contributed by atoms with Crippen LogP contribution in [0.5, 0.6) is 0 Å². The molecule has 1 atom stereocenters. The number of thiophene rings is 1. The molecule has 2 rings (SSSR count). The first-order chi connectivity index (χ1) is 10.2. The van der Waals surface area contributed by atoms with Crippen molar-refractivity contribution in [1.82, 2.24) is 5.32 Å². The van der Waals surface area contributed by atoms with Gasteiger partial charge in [-0.05, 0) is 56.5 Å². The maximum absolute atomic E-state index is 3.69. The summed E-state index contributed by atoms with van der Waals surface area (Å²) in [5.74, 6) is 0. The average Bonchev–Trinajstić information content (AvgIpc) is 2.95. The Kier molecular flexibility index (Phi) is 6.01. The fourth-order valence-corrected chi connectivity index (χ4v) is 3.84. The van der Waals surface area contributed by atoms with Crippen LogP contribution in [0.15, 0.2) is 30.3 Å². The minimum absolute atomic E-state index is 0.513. The lowest BCUT2D eigenvalue weighted by Gasteiger charge is -2.16. The first kappa shape index (κ1) is 16.3. The Morgan fingerprint density at radius 3 is 2.57 bits per heavy atom. The Balaban J connectivity index is 2.24. The van der Waals surface area contributed by atoms with Gasteiger partial charge < -0.3 is 5.32 Å². The highest BCUT2D eigenvalue weighted by Gasteiger charge is 2.13. The second kappa shape index (κ2) is 7.77. The lowest BCUT2D eigenvalue weighted by molar-refractivity contribution is 0.501. The van der Waals surface area contributed by atoms with Gasteiger partial charge in [-0.3, -0.25) is 0 Å². The van der Waals surface area contributed by atoms with Crippen LogP contribution in [0.1, 0.15) is 55.2 Å². The summed E-state index contributed by atoms with van der Waals surface area (Å²) in [4.78, 5) is 2.87. The van der Waals surface area contributed by atoms with Gasteiger partial charge in [0.2, 0.25) is 0 Å². The van der Waals surface area contributed by atoms with Crippen LogP contribution in [0.25, 0.3) is 10.4 Å². The molecule has 1 heterocycles. The zero-order valence-corrected chi connectivity index (χ0v) is 14.5. The summed E-state index contributed by atoms with van der Waals surface area (Å²) in [5.41, 5.74) is 4.08. The van der Waals surface area contributed by atoms with E-state index in [4.69, 9.17) is 0 Å². The van der Waals surface area contributed by atoms with E-state index in [9.17, 15) is 0 Å². The second-order valence-corrected chi connectivity index (χ2v) is 6.93. The lowest BCUT2D eigenvalue weighted by Crippen LogP contribution is -2.21. The van der Waals surface area contributed by atoms with Crippen LogP contribution >= 0.6 is 11.3 Å². The lowest BCUT2D eigenvalue weighted by atomic mass is 10.0. The molecule has 0 fully saturated rings. The van der Waals surface area contributed by atoms with Crippen LogP contribution < -0.4 is 5.32 Å². The molecule has 0 saturated heterocycles. The van der Waals surface area contributed by atoms with Gasteiger partial charge in [0, 0.05) is 15.8 Å². The molecular formula is C19H27NS. The van der Waals surface area contributed by atoms with Gasteiger partial charge in [0.1, 0.15) is 0 Å². The minimum Gasteiger partial charge on any atom is -0.309 e. The zero-order valence-electron chi connectivity index (χ0n) is 13.7. The van der Waals surface area contributed by atoms with Crippen LogP contribution in [0.4, 0.5) is 0 Å². The van der Waals surface area contributed by atoms with Crippen LogP contribution in [0.2, 0.25) is 0 Å². The number of hydrogen-bond donors (Lipinski definition) is 1. The minimum atomic E-state index is 0.513. The van der Waals surface area contributed by atoms with Gasteiger partial charge in [0.25, 0.3) is 0 Å². The van der Waals surface area contributed by atoms with Crippen molar-refractivity contribution in [3.63, 3.8) is 0 Å². The van der Waals surface area contributed by atoms with Crippen molar-refractivity contribution in [2.75, 3.05) is 6.54 Å². The van der Waals surface area contributed by atoms with Crippen molar-refractivity contribution in [1.29, 1.82) is 0 Å². The molecule has 0 aliphatic heterocycles. The van der Waals surface area contributed by atoms with E-state index in [-0.39, 0.29) is 0 Å². The van der Waals surface area contributed by atoms with Gasteiger partial charge in [-0.2, -0.15) is 0 Å². The van der Waals surface area contributed by atoms with E-state index in [1.54, 1.807) is 0 Å². The maximum Gasteiger partial charge on any atom is 0.0414 e. The summed E-state index contributed by atoms with van der Waals surface area (Å²) < 4.78 is 0. The quantitative estimate of drug-likeness (QED) is 0.674. The molecule has 0 aliphatic rings. The predicted molar refractivity (Wildman–Crippen MR) is 95.2 cm³/mol. The molecule has 2 heteroatoms. The van der Waals surface area contributed by atoms with E-state index in [2.05, 4.69) is 63.3 Å². The SMILES string of the molecule is CCCNC(CCC)c1ccc(-c2cc(C)ccc2C)s1. The Bertz CT molecular complexity index is 571. The number of benzene rings is 1. The van der Waals surface area contributed by atoms with E-state index in [0.717, 1.165) is 6.54 Å². The molecule has 1 aromatic heterocycles. The number of aryl methyl sites for hydroxylation is 2. The summed E-state index contributed by atoms with van der Waals surface area (Å²) in [6.07, 6.45) is 3.63. The number of hydrogen-bond acceptors (Lipinski definition) is 2. The van der Waals surface area contributed by atoms with E-state index in [1.807, 2.05) is 11.3 Å². The molecule has 0 bridgehead atoms. The van der Waals surface area contributed by atoms with E-state index >= 15 is 0 Å². The fourth-order valence-electron chi connectivity index (χ4n) is 2.64. The summed E-state index contributed by atoms with van der Waals surface area (Å²) in [6.45, 7) is 9.96. The van der Waals surface area contributed by atoms with Gasteiger partial charge in [-0.15, -0.1) is 11.3 Å². The molecule has 0 saturated carbocycles. The van der Waals surface area contributed by atoms with Crippen LogP contribution in [-0.2, 0) is 0 Å². The molecular weight excluding hydrogens is 274 g/mol. The Morgan fingerprint density at radius 1 is 1.05 bits per heavy atom. The van der Waals surface area contributed by atoms with Crippen molar-refractivity contribution < 1.29 is 0 Å². The molecule has 1 N–H and O–H groups in total. The molecule has 1 unspecified atom stereocenters. The standard InChI is InChI=1S/C19H27NS/c1-5-7-17(20-12-6-2)19-11-10-18(21-19)16-13-14(3)8-9-15(16)4/h8-11,13,17,20H,5-7,12H2,1-4H3. The summed E-state index contributed by atoms with van der Waals surface area (Å²) >= 11 is 1.94. The van der Waals surface area contributed by atoms with Crippen LogP contribution in [-0.4, -0.2) is 6.54 Å². The summed E-state index contributed by atoms with van der Waals surface area (Å²) in [5, 5.41) is 3.69. The molecule has 0 radical (unpaired) electrons. The second-order valence-electron chi connectivity index (χ2n) is 5.82. The monoisotopic (exact) mass is 301 g/mol. The third-order valence-corrected chi connectivity index (χ3v) is 5.08. The predicted octanol–water partition coefficient (Wildman–Crippen LogP) is 5.87. The summed E-state index contributed by atoms with van der Waals surface area (Å²) in [7, 11) is 0. The maximum atomic E-state index is 3.69. The molecule has 1 aromatic carbocycles. The molecule has 0 amide bonds. The first-order valence-electron chi connectivity index (χ1n) is 8.06. The Labute approximate surface area is 133 Å². The largest absolute Gasteiger partial charge is 0.309 e.